The molecule has 0 unspecified atom stereocenters. The number of carbonyl (C=O) groups is 1. The molecule has 96 valence electrons. The largest absolute Gasteiger partial charge is 0.332 e. The molecule has 0 aliphatic carbocycles. The Bertz CT molecular complexity index is 412. The summed E-state index contributed by atoms with van der Waals surface area (Å²) in [5.74, 6) is 2.08. The number of likely N-dealkylation sites (tertiary alicyclic amines) is 1. The molecule has 0 aromatic rings. The van der Waals surface area contributed by atoms with Gasteiger partial charge < -0.3 is 4.90 Å². The molecule has 0 aromatic carbocycles. The zero-order valence-electron chi connectivity index (χ0n) is 10.3. The van der Waals surface area contributed by atoms with Gasteiger partial charge in [0.15, 0.2) is 9.84 Å². The van der Waals surface area contributed by atoms with E-state index in [4.69, 9.17) is 6.42 Å². The Balaban J connectivity index is 2.58. The van der Waals surface area contributed by atoms with Crippen LogP contribution in [0.5, 0.6) is 0 Å². The molecule has 1 amide bonds. The molecular formula is C12H19NO3S. The molecular weight excluding hydrogens is 238 g/mol. The van der Waals surface area contributed by atoms with Gasteiger partial charge in [-0.25, -0.2) is 8.42 Å². The Morgan fingerprint density at radius 2 is 1.94 bits per heavy atom. The molecule has 0 spiro atoms. The van der Waals surface area contributed by atoms with Crippen LogP contribution in [0.15, 0.2) is 0 Å². The first kappa shape index (κ1) is 14.0. The second kappa shape index (κ2) is 5.54. The van der Waals surface area contributed by atoms with Crippen LogP contribution in [0.2, 0.25) is 0 Å². The number of sulfone groups is 1. The van der Waals surface area contributed by atoms with Crippen molar-refractivity contribution in [3.63, 3.8) is 0 Å². The molecule has 0 atom stereocenters. The fourth-order valence-corrected chi connectivity index (χ4v) is 4.24. The van der Waals surface area contributed by atoms with Gasteiger partial charge >= 0.3 is 0 Å². The van der Waals surface area contributed by atoms with Crippen LogP contribution in [0.3, 0.4) is 0 Å². The van der Waals surface area contributed by atoms with Gasteiger partial charge in [-0.3, -0.25) is 4.79 Å². The van der Waals surface area contributed by atoms with Gasteiger partial charge in [0.25, 0.3) is 5.91 Å². The highest BCUT2D eigenvalue weighted by molar-refractivity contribution is 7.92. The van der Waals surface area contributed by atoms with E-state index in [1.165, 1.54) is 0 Å². The molecule has 1 rings (SSSR count). The lowest BCUT2D eigenvalue weighted by molar-refractivity contribution is -0.125. The summed E-state index contributed by atoms with van der Waals surface area (Å²) in [5, 5.41) is -0.313. The van der Waals surface area contributed by atoms with E-state index >= 15 is 0 Å². The molecule has 1 aliphatic rings. The molecule has 0 aromatic heterocycles. The Morgan fingerprint density at radius 1 is 1.41 bits per heavy atom. The molecule has 0 radical (unpaired) electrons. The number of terminal acetylenes is 1. The van der Waals surface area contributed by atoms with Crippen molar-refractivity contribution in [1.82, 2.24) is 4.90 Å². The quantitative estimate of drug-likeness (QED) is 0.699. The smallest absolute Gasteiger partial charge is 0.298 e. The predicted octanol–water partition coefficient (Wildman–Crippen LogP) is 0.681. The molecule has 4 nitrogen and oxygen atoms in total. The topological polar surface area (TPSA) is 54.5 Å². The normalized spacial score (nSPS) is 18.1. The SMILES string of the molecule is C#CC(=O)N1CCC(S(=O)(=O)CC(C)C)CC1. The van der Waals surface area contributed by atoms with E-state index < -0.39 is 9.84 Å². The van der Waals surface area contributed by atoms with Crippen molar-refractivity contribution in [3.05, 3.63) is 0 Å². The Kier molecular flexibility index (Phi) is 4.58. The van der Waals surface area contributed by atoms with Crippen molar-refractivity contribution < 1.29 is 13.2 Å². The third-order valence-corrected chi connectivity index (χ3v) is 5.54. The minimum Gasteiger partial charge on any atom is -0.332 e. The van der Waals surface area contributed by atoms with Crippen molar-refractivity contribution in [2.75, 3.05) is 18.8 Å². The van der Waals surface area contributed by atoms with E-state index in [-0.39, 0.29) is 22.8 Å². The lowest BCUT2D eigenvalue weighted by Gasteiger charge is -2.30. The fourth-order valence-electron chi connectivity index (χ4n) is 2.11. The van der Waals surface area contributed by atoms with E-state index in [9.17, 15) is 13.2 Å². The molecule has 1 saturated heterocycles. The summed E-state index contributed by atoms with van der Waals surface area (Å²) in [6.07, 6.45) is 6.03. The lowest BCUT2D eigenvalue weighted by Crippen LogP contribution is -2.42. The first-order valence-electron chi connectivity index (χ1n) is 5.84. The Hall–Kier alpha value is -1.02. The highest BCUT2D eigenvalue weighted by Crippen LogP contribution is 2.20. The number of nitrogens with zero attached hydrogens (tertiary/aromatic N) is 1. The summed E-state index contributed by atoms with van der Waals surface area (Å²) in [7, 11) is -3.03. The lowest BCUT2D eigenvalue weighted by atomic mass is 10.1. The van der Waals surface area contributed by atoms with E-state index in [0.29, 0.717) is 25.9 Å². The zero-order chi connectivity index (χ0) is 13.1. The third kappa shape index (κ3) is 3.74. The van der Waals surface area contributed by atoms with Crippen LogP contribution in [-0.2, 0) is 14.6 Å². The summed E-state index contributed by atoms with van der Waals surface area (Å²) in [4.78, 5) is 12.8. The summed E-state index contributed by atoms with van der Waals surface area (Å²) in [6.45, 7) is 4.69. The number of amides is 1. The molecule has 0 saturated carbocycles. The number of hydrogen-bond donors (Lipinski definition) is 0. The monoisotopic (exact) mass is 257 g/mol. The van der Waals surface area contributed by atoms with E-state index in [1.807, 2.05) is 13.8 Å². The summed E-state index contributed by atoms with van der Waals surface area (Å²) in [5.41, 5.74) is 0. The summed E-state index contributed by atoms with van der Waals surface area (Å²) in [6, 6.07) is 0. The average Bonchev–Trinajstić information content (AvgIpc) is 2.26. The van der Waals surface area contributed by atoms with E-state index in [1.54, 1.807) is 4.90 Å². The highest BCUT2D eigenvalue weighted by atomic mass is 32.2. The molecule has 1 aliphatic heterocycles. The van der Waals surface area contributed by atoms with Crippen molar-refractivity contribution in [2.45, 2.75) is 31.9 Å². The summed E-state index contributed by atoms with van der Waals surface area (Å²) >= 11 is 0. The van der Waals surface area contributed by atoms with Gasteiger partial charge in [-0.1, -0.05) is 13.8 Å². The number of rotatable bonds is 3. The molecule has 0 bridgehead atoms. The molecule has 1 heterocycles. The van der Waals surface area contributed by atoms with Crippen LogP contribution in [0.1, 0.15) is 26.7 Å². The van der Waals surface area contributed by atoms with Crippen LogP contribution in [0.4, 0.5) is 0 Å². The van der Waals surface area contributed by atoms with Crippen molar-refractivity contribution in [1.29, 1.82) is 0 Å². The maximum absolute atomic E-state index is 12.0. The van der Waals surface area contributed by atoms with E-state index in [2.05, 4.69) is 5.92 Å². The highest BCUT2D eigenvalue weighted by Gasteiger charge is 2.31. The number of piperidine rings is 1. The average molecular weight is 257 g/mol. The fraction of sp³-hybridized carbons (Fsp3) is 0.750. The Morgan fingerprint density at radius 3 is 2.35 bits per heavy atom. The van der Waals surface area contributed by atoms with Crippen LogP contribution >= 0.6 is 0 Å². The van der Waals surface area contributed by atoms with Gasteiger partial charge in [-0.2, -0.15) is 0 Å². The molecule has 0 N–H and O–H groups in total. The third-order valence-electron chi connectivity index (χ3n) is 2.93. The first-order valence-corrected chi connectivity index (χ1v) is 7.55. The molecule has 1 fully saturated rings. The van der Waals surface area contributed by atoms with Crippen LogP contribution < -0.4 is 0 Å². The van der Waals surface area contributed by atoms with Crippen LogP contribution in [-0.4, -0.2) is 43.3 Å². The maximum atomic E-state index is 12.0. The van der Waals surface area contributed by atoms with Crippen LogP contribution in [0, 0.1) is 18.3 Å². The van der Waals surface area contributed by atoms with Crippen molar-refractivity contribution >= 4 is 15.7 Å². The van der Waals surface area contributed by atoms with Gasteiger partial charge in [0.2, 0.25) is 0 Å². The van der Waals surface area contributed by atoms with Gasteiger partial charge in [-0.05, 0) is 24.7 Å². The van der Waals surface area contributed by atoms with Gasteiger partial charge in [0, 0.05) is 13.1 Å². The standard InChI is InChI=1S/C12H19NO3S/c1-4-12(14)13-7-5-11(6-8-13)17(15,16)9-10(2)3/h1,10-11H,5-9H2,2-3H3. The predicted molar refractivity (Wildman–Crippen MR) is 67.1 cm³/mol. The van der Waals surface area contributed by atoms with E-state index in [0.717, 1.165) is 0 Å². The number of hydrogen-bond acceptors (Lipinski definition) is 3. The Labute approximate surface area is 103 Å². The second-order valence-electron chi connectivity index (χ2n) is 4.86. The van der Waals surface area contributed by atoms with Crippen molar-refractivity contribution in [3.8, 4) is 12.3 Å². The van der Waals surface area contributed by atoms with Gasteiger partial charge in [-0.15, -0.1) is 6.42 Å². The minimum absolute atomic E-state index is 0.144. The number of carbonyl (C=O) groups excluding carboxylic acids is 1. The van der Waals surface area contributed by atoms with Crippen molar-refractivity contribution in [2.24, 2.45) is 5.92 Å². The second-order valence-corrected chi connectivity index (χ2v) is 7.18. The zero-order valence-corrected chi connectivity index (χ0v) is 11.2. The molecule has 17 heavy (non-hydrogen) atoms. The minimum atomic E-state index is -3.03. The van der Waals surface area contributed by atoms with Gasteiger partial charge in [0.05, 0.1) is 11.0 Å². The molecule has 5 heteroatoms. The van der Waals surface area contributed by atoms with Crippen LogP contribution in [0.25, 0.3) is 0 Å². The van der Waals surface area contributed by atoms with Gasteiger partial charge in [0.1, 0.15) is 0 Å². The summed E-state index contributed by atoms with van der Waals surface area (Å²) < 4.78 is 24.0. The maximum Gasteiger partial charge on any atom is 0.298 e. The first-order chi connectivity index (χ1) is 7.86.